The minimum absolute atomic E-state index is 0.0258. The molecule has 158 valence electrons. The molecule has 0 radical (unpaired) electrons. The number of ether oxygens (including phenoxy) is 3. The summed E-state index contributed by atoms with van der Waals surface area (Å²) in [5, 5.41) is 5.03. The van der Waals surface area contributed by atoms with E-state index in [0.717, 1.165) is 6.42 Å². The Morgan fingerprint density at radius 1 is 0.900 bits per heavy atom. The van der Waals surface area contributed by atoms with Crippen LogP contribution < -0.4 is 29.7 Å². The first kappa shape index (κ1) is 21.0. The van der Waals surface area contributed by atoms with Gasteiger partial charge in [-0.3, -0.25) is 14.4 Å². The van der Waals surface area contributed by atoms with Gasteiger partial charge in [0, 0.05) is 30.8 Å². The van der Waals surface area contributed by atoms with Crippen molar-refractivity contribution >= 4 is 34.8 Å². The van der Waals surface area contributed by atoms with Crippen molar-refractivity contribution in [1.29, 1.82) is 0 Å². The summed E-state index contributed by atoms with van der Waals surface area (Å²) < 4.78 is 15.7. The van der Waals surface area contributed by atoms with E-state index in [1.165, 1.54) is 21.3 Å². The lowest BCUT2D eigenvalue weighted by molar-refractivity contribution is -0.133. The number of amides is 3. The molecular formula is C21H23N3O6. The molecule has 1 fully saturated rings. The monoisotopic (exact) mass is 413 g/mol. The molecule has 0 bridgehead atoms. The number of benzene rings is 2. The van der Waals surface area contributed by atoms with E-state index in [4.69, 9.17) is 14.2 Å². The van der Waals surface area contributed by atoms with Crippen molar-refractivity contribution in [2.45, 2.75) is 12.8 Å². The zero-order valence-electron chi connectivity index (χ0n) is 17.0. The smallest absolute Gasteiger partial charge is 0.314 e. The van der Waals surface area contributed by atoms with E-state index >= 15 is 0 Å². The standard InChI is InChI=1S/C21H23N3O6/c1-28-14-7-8-15(17(12-14)29-2)23-21(27)20(26)22-13-6-9-16(18(11-13)30-3)24-10-4-5-19(24)25/h6-9,11-12H,4-5,10H2,1-3H3,(H,22,26)(H,23,27). The van der Waals surface area contributed by atoms with E-state index in [-0.39, 0.29) is 5.91 Å². The van der Waals surface area contributed by atoms with Gasteiger partial charge in [-0.05, 0) is 30.7 Å². The number of methoxy groups -OCH3 is 3. The summed E-state index contributed by atoms with van der Waals surface area (Å²) in [6, 6.07) is 9.68. The molecule has 1 saturated heterocycles. The first-order chi connectivity index (χ1) is 14.5. The second-order valence-corrected chi connectivity index (χ2v) is 6.51. The Bertz CT molecular complexity index is 975. The molecule has 9 heteroatoms. The van der Waals surface area contributed by atoms with Crippen molar-refractivity contribution < 1.29 is 28.6 Å². The lowest BCUT2D eigenvalue weighted by Gasteiger charge is -2.19. The van der Waals surface area contributed by atoms with Gasteiger partial charge in [0.05, 0.1) is 32.7 Å². The predicted octanol–water partition coefficient (Wildman–Crippen LogP) is 2.42. The number of carbonyl (C=O) groups excluding carboxylic acids is 3. The van der Waals surface area contributed by atoms with Crippen LogP contribution in [-0.2, 0) is 14.4 Å². The second kappa shape index (κ2) is 9.17. The third-order valence-electron chi connectivity index (χ3n) is 4.66. The SMILES string of the molecule is COc1ccc(NC(=O)C(=O)Nc2ccc(N3CCCC3=O)c(OC)c2)c(OC)c1. The molecule has 9 nitrogen and oxygen atoms in total. The van der Waals surface area contributed by atoms with Crippen molar-refractivity contribution in [3.8, 4) is 17.2 Å². The van der Waals surface area contributed by atoms with Crippen molar-refractivity contribution in [2.75, 3.05) is 43.4 Å². The maximum Gasteiger partial charge on any atom is 0.314 e. The van der Waals surface area contributed by atoms with Crippen molar-refractivity contribution in [1.82, 2.24) is 0 Å². The third kappa shape index (κ3) is 4.45. The Hall–Kier alpha value is -3.75. The van der Waals surface area contributed by atoms with E-state index in [1.807, 2.05) is 0 Å². The quantitative estimate of drug-likeness (QED) is 0.705. The topological polar surface area (TPSA) is 106 Å². The average Bonchev–Trinajstić information content (AvgIpc) is 3.19. The summed E-state index contributed by atoms with van der Waals surface area (Å²) in [6.45, 7) is 0.618. The summed E-state index contributed by atoms with van der Waals surface area (Å²) in [6.07, 6.45) is 1.28. The number of nitrogens with one attached hydrogen (secondary N) is 2. The number of carbonyl (C=O) groups is 3. The van der Waals surface area contributed by atoms with E-state index < -0.39 is 11.8 Å². The molecule has 0 aliphatic carbocycles. The lowest BCUT2D eigenvalue weighted by atomic mass is 10.2. The number of rotatable bonds is 6. The van der Waals surface area contributed by atoms with Crippen LogP contribution in [0.5, 0.6) is 17.2 Å². The molecule has 0 aromatic heterocycles. The Balaban J connectivity index is 1.71. The van der Waals surface area contributed by atoms with Gasteiger partial charge in [-0.1, -0.05) is 0 Å². The average molecular weight is 413 g/mol. The first-order valence-electron chi connectivity index (χ1n) is 9.29. The normalized spacial score (nSPS) is 13.0. The fraction of sp³-hybridized carbons (Fsp3) is 0.286. The fourth-order valence-electron chi connectivity index (χ4n) is 3.15. The first-order valence-corrected chi connectivity index (χ1v) is 9.29. The highest BCUT2D eigenvalue weighted by Crippen LogP contribution is 2.34. The van der Waals surface area contributed by atoms with Gasteiger partial charge < -0.3 is 29.7 Å². The zero-order chi connectivity index (χ0) is 21.7. The highest BCUT2D eigenvalue weighted by atomic mass is 16.5. The van der Waals surface area contributed by atoms with Crippen LogP contribution in [0.1, 0.15) is 12.8 Å². The molecule has 1 heterocycles. The predicted molar refractivity (Wildman–Crippen MR) is 111 cm³/mol. The van der Waals surface area contributed by atoms with Crippen LogP contribution in [0.25, 0.3) is 0 Å². The summed E-state index contributed by atoms with van der Waals surface area (Å²) in [5.41, 5.74) is 1.33. The maximum atomic E-state index is 12.3. The third-order valence-corrected chi connectivity index (χ3v) is 4.66. The summed E-state index contributed by atoms with van der Waals surface area (Å²) >= 11 is 0. The highest BCUT2D eigenvalue weighted by Gasteiger charge is 2.25. The van der Waals surface area contributed by atoms with Crippen LogP contribution >= 0.6 is 0 Å². The van der Waals surface area contributed by atoms with Crippen molar-refractivity contribution in [3.05, 3.63) is 36.4 Å². The summed E-state index contributed by atoms with van der Waals surface area (Å²) in [4.78, 5) is 38.3. The van der Waals surface area contributed by atoms with Crippen molar-refractivity contribution in [2.24, 2.45) is 0 Å². The molecule has 3 rings (SSSR count). The largest absolute Gasteiger partial charge is 0.497 e. The van der Waals surface area contributed by atoms with Gasteiger partial charge in [-0.2, -0.15) is 0 Å². The molecule has 0 spiro atoms. The molecule has 0 atom stereocenters. The van der Waals surface area contributed by atoms with E-state index in [9.17, 15) is 14.4 Å². The number of hydrogen-bond donors (Lipinski definition) is 2. The Morgan fingerprint density at radius 2 is 1.63 bits per heavy atom. The van der Waals surface area contributed by atoms with Gasteiger partial charge >= 0.3 is 11.8 Å². The van der Waals surface area contributed by atoms with Crippen LogP contribution in [0.3, 0.4) is 0 Å². The maximum absolute atomic E-state index is 12.3. The van der Waals surface area contributed by atoms with Gasteiger partial charge in [0.1, 0.15) is 17.2 Å². The summed E-state index contributed by atoms with van der Waals surface area (Å²) in [7, 11) is 4.44. The van der Waals surface area contributed by atoms with Gasteiger partial charge in [0.2, 0.25) is 5.91 Å². The minimum Gasteiger partial charge on any atom is -0.497 e. The molecule has 2 N–H and O–H groups in total. The van der Waals surface area contributed by atoms with Crippen LogP contribution in [0.15, 0.2) is 36.4 Å². The van der Waals surface area contributed by atoms with Gasteiger partial charge in [-0.15, -0.1) is 0 Å². The molecule has 1 aliphatic heterocycles. The van der Waals surface area contributed by atoms with Crippen molar-refractivity contribution in [3.63, 3.8) is 0 Å². The second-order valence-electron chi connectivity index (χ2n) is 6.51. The van der Waals surface area contributed by atoms with Crippen LogP contribution in [0, 0.1) is 0 Å². The number of anilines is 3. The Labute approximate surface area is 173 Å². The molecule has 2 aromatic carbocycles. The molecule has 1 aliphatic rings. The van der Waals surface area contributed by atoms with E-state index in [2.05, 4.69) is 10.6 Å². The Morgan fingerprint density at radius 3 is 2.27 bits per heavy atom. The molecule has 2 aromatic rings. The summed E-state index contributed by atoms with van der Waals surface area (Å²) in [5.74, 6) is -0.357. The Kier molecular flexibility index (Phi) is 6.41. The van der Waals surface area contributed by atoms with Crippen LogP contribution in [-0.4, -0.2) is 45.6 Å². The van der Waals surface area contributed by atoms with Gasteiger partial charge in [0.25, 0.3) is 0 Å². The molecule has 30 heavy (non-hydrogen) atoms. The van der Waals surface area contributed by atoms with Gasteiger partial charge in [0.15, 0.2) is 0 Å². The molecular weight excluding hydrogens is 390 g/mol. The fourth-order valence-corrected chi connectivity index (χ4v) is 3.15. The molecule has 0 unspecified atom stereocenters. The number of hydrogen-bond acceptors (Lipinski definition) is 6. The van der Waals surface area contributed by atoms with Crippen LogP contribution in [0.4, 0.5) is 17.1 Å². The van der Waals surface area contributed by atoms with Gasteiger partial charge in [-0.25, -0.2) is 0 Å². The minimum atomic E-state index is -0.865. The highest BCUT2D eigenvalue weighted by molar-refractivity contribution is 6.43. The van der Waals surface area contributed by atoms with Crippen LogP contribution in [0.2, 0.25) is 0 Å². The molecule has 3 amide bonds. The van der Waals surface area contributed by atoms with E-state index in [1.54, 1.807) is 41.3 Å². The molecule has 0 saturated carbocycles. The zero-order valence-corrected chi connectivity index (χ0v) is 17.0. The van der Waals surface area contributed by atoms with E-state index in [0.29, 0.717) is 47.3 Å². The lowest BCUT2D eigenvalue weighted by Crippen LogP contribution is -2.29. The number of nitrogens with zero attached hydrogens (tertiary/aromatic N) is 1.